The maximum Gasteiger partial charge on any atom is 0.135 e. The minimum Gasteiger partial charge on any atom is -0.456 e. The van der Waals surface area contributed by atoms with Crippen molar-refractivity contribution in [1.29, 1.82) is 0 Å². The molecule has 356 valence electrons. The zero-order valence-electron chi connectivity index (χ0n) is 40.8. The smallest absolute Gasteiger partial charge is 0.135 e. The Bertz CT molecular complexity index is 4720. The summed E-state index contributed by atoms with van der Waals surface area (Å²) in [4.78, 5) is 27.1. The lowest BCUT2D eigenvalue weighted by molar-refractivity contribution is 0.669. The predicted octanol–water partition coefficient (Wildman–Crippen LogP) is 16.1. The monoisotopic (exact) mass is 974 g/mol. The first-order valence-electron chi connectivity index (χ1n) is 25.3. The lowest BCUT2D eigenvalue weighted by Gasteiger charge is -2.11. The van der Waals surface area contributed by atoms with Crippen LogP contribution in [0.2, 0.25) is 0 Å². The van der Waals surface area contributed by atoms with E-state index >= 15 is 0 Å². The van der Waals surface area contributed by atoms with E-state index in [1.165, 1.54) is 10.8 Å². The third-order valence-corrected chi connectivity index (χ3v) is 14.8. The summed E-state index contributed by atoms with van der Waals surface area (Å²) in [6.45, 7) is 0. The molecular weight excluding hydrogens is 933 g/mol. The van der Waals surface area contributed by atoms with Crippen molar-refractivity contribution in [3.05, 3.63) is 255 Å². The van der Waals surface area contributed by atoms with Crippen LogP contribution in [0.1, 0.15) is 11.3 Å². The van der Waals surface area contributed by atoms with Gasteiger partial charge in [0.2, 0.25) is 0 Å². The minimum absolute atomic E-state index is 0.670. The van der Waals surface area contributed by atoms with E-state index in [0.717, 1.165) is 133 Å². The van der Waals surface area contributed by atoms with Crippen LogP contribution in [-0.2, 0) is 6.42 Å². The molecule has 0 radical (unpaired) electrons. The maximum absolute atomic E-state index is 6.61. The average molecular weight is 975 g/mol. The molecule has 0 unspecified atom stereocenters. The zero-order chi connectivity index (χ0) is 50.1. The van der Waals surface area contributed by atoms with Crippen LogP contribution in [0.3, 0.4) is 0 Å². The van der Waals surface area contributed by atoms with E-state index in [-0.39, 0.29) is 0 Å². The molecule has 0 saturated heterocycles. The Morgan fingerprint density at radius 1 is 0.329 bits per heavy atom. The van der Waals surface area contributed by atoms with Gasteiger partial charge in [0.05, 0.1) is 51.5 Å². The van der Waals surface area contributed by atoms with Gasteiger partial charge in [0.1, 0.15) is 11.2 Å². The number of rotatable bonds is 9. The molecule has 0 spiro atoms. The van der Waals surface area contributed by atoms with Gasteiger partial charge in [-0.1, -0.05) is 97.1 Å². The van der Waals surface area contributed by atoms with Gasteiger partial charge in [0.15, 0.2) is 0 Å². The second-order valence-electron chi connectivity index (χ2n) is 19.2. The highest BCUT2D eigenvalue weighted by atomic mass is 16.3. The van der Waals surface area contributed by atoms with E-state index in [1.807, 2.05) is 18.6 Å². The molecule has 0 amide bonds. The van der Waals surface area contributed by atoms with E-state index in [0.29, 0.717) is 6.42 Å². The molecule has 9 nitrogen and oxygen atoms in total. The van der Waals surface area contributed by atoms with Gasteiger partial charge < -0.3 is 13.6 Å². The number of para-hydroxylation sites is 1. The van der Waals surface area contributed by atoms with Crippen molar-refractivity contribution in [2.24, 2.45) is 0 Å². The minimum atomic E-state index is 0.670. The standard InChI is InChI=1S/C67H42N8O/c1-2-8-48(9-3-1)74-63-21-15-43(34-55(63)57-37-46(16-22-64(57)74)51-11-5-7-13-53(51)61-41-70-28-31-73-61)44-18-24-66-58(35-44)59-38-49(19-25-67(59)76-66)75-62-20-14-42(32-47-39-68-26-29-71-47)33-54(62)56-36-45(17-23-65(56)75)50-10-4-6-12-52(50)60-40-69-27-30-72-60/h1-31,33-41H,32H2. The summed E-state index contributed by atoms with van der Waals surface area (Å²) in [5, 5.41) is 6.74. The van der Waals surface area contributed by atoms with Crippen LogP contribution in [0.4, 0.5) is 0 Å². The predicted molar refractivity (Wildman–Crippen MR) is 306 cm³/mol. The van der Waals surface area contributed by atoms with Crippen molar-refractivity contribution in [3.8, 4) is 67.3 Å². The fraction of sp³-hybridized carbons (Fsp3) is 0.0149. The fourth-order valence-electron chi connectivity index (χ4n) is 11.4. The van der Waals surface area contributed by atoms with Crippen molar-refractivity contribution < 1.29 is 4.42 Å². The fourth-order valence-corrected chi connectivity index (χ4v) is 11.4. The number of benzene rings is 9. The molecule has 9 aromatic carbocycles. The first-order valence-corrected chi connectivity index (χ1v) is 25.3. The van der Waals surface area contributed by atoms with E-state index in [1.54, 1.807) is 37.2 Å². The van der Waals surface area contributed by atoms with Crippen LogP contribution >= 0.6 is 0 Å². The molecule has 9 heteroatoms. The molecule has 6 heterocycles. The van der Waals surface area contributed by atoms with Gasteiger partial charge >= 0.3 is 0 Å². The third kappa shape index (κ3) is 7.24. The summed E-state index contributed by atoms with van der Waals surface area (Å²) in [5.41, 5.74) is 20.8. The zero-order valence-corrected chi connectivity index (χ0v) is 40.8. The molecular formula is C67H42N8O. The van der Waals surface area contributed by atoms with E-state index in [2.05, 4.69) is 227 Å². The molecule has 6 aromatic heterocycles. The van der Waals surface area contributed by atoms with Gasteiger partial charge in [0, 0.05) is 105 Å². The number of hydrogen-bond acceptors (Lipinski definition) is 7. The Hall–Kier alpha value is -10.4. The maximum atomic E-state index is 6.61. The topological polar surface area (TPSA) is 100 Å². The van der Waals surface area contributed by atoms with Gasteiger partial charge in [-0.3, -0.25) is 29.9 Å². The molecule has 15 aromatic rings. The van der Waals surface area contributed by atoms with Crippen molar-refractivity contribution in [2.45, 2.75) is 6.42 Å². The van der Waals surface area contributed by atoms with Gasteiger partial charge in [-0.2, -0.15) is 0 Å². The van der Waals surface area contributed by atoms with Crippen molar-refractivity contribution in [3.63, 3.8) is 0 Å². The largest absolute Gasteiger partial charge is 0.456 e. The van der Waals surface area contributed by atoms with Crippen LogP contribution in [0.15, 0.2) is 248 Å². The summed E-state index contributed by atoms with van der Waals surface area (Å²) in [6, 6.07) is 67.8. The van der Waals surface area contributed by atoms with E-state index < -0.39 is 0 Å². The van der Waals surface area contributed by atoms with E-state index in [9.17, 15) is 0 Å². The highest BCUT2D eigenvalue weighted by molar-refractivity contribution is 6.14. The van der Waals surface area contributed by atoms with Crippen molar-refractivity contribution >= 4 is 65.6 Å². The highest BCUT2D eigenvalue weighted by Crippen LogP contribution is 2.43. The quantitative estimate of drug-likeness (QED) is 0.142. The van der Waals surface area contributed by atoms with Crippen LogP contribution in [-0.4, -0.2) is 39.0 Å². The molecule has 0 fully saturated rings. The first-order chi connectivity index (χ1) is 37.7. The Balaban J connectivity index is 0.874. The molecule has 15 rings (SSSR count). The van der Waals surface area contributed by atoms with Crippen LogP contribution in [0.25, 0.3) is 133 Å². The van der Waals surface area contributed by atoms with Crippen molar-refractivity contribution in [1.82, 2.24) is 39.0 Å². The number of aromatic nitrogens is 8. The molecule has 0 bridgehead atoms. The highest BCUT2D eigenvalue weighted by Gasteiger charge is 2.20. The van der Waals surface area contributed by atoms with E-state index in [4.69, 9.17) is 4.42 Å². The van der Waals surface area contributed by atoms with Crippen molar-refractivity contribution in [2.75, 3.05) is 0 Å². The van der Waals surface area contributed by atoms with Crippen LogP contribution < -0.4 is 0 Å². The lowest BCUT2D eigenvalue weighted by atomic mass is 9.96. The number of furan rings is 1. The molecule has 0 aliphatic carbocycles. The normalized spacial score (nSPS) is 11.7. The summed E-state index contributed by atoms with van der Waals surface area (Å²) in [7, 11) is 0. The summed E-state index contributed by atoms with van der Waals surface area (Å²) < 4.78 is 11.4. The van der Waals surface area contributed by atoms with Crippen LogP contribution in [0.5, 0.6) is 0 Å². The summed E-state index contributed by atoms with van der Waals surface area (Å²) in [6.07, 6.45) is 16.5. The Kier molecular flexibility index (Phi) is 10.1. The second kappa shape index (κ2) is 17.7. The van der Waals surface area contributed by atoms with Gasteiger partial charge in [-0.05, 0) is 130 Å². The van der Waals surface area contributed by atoms with Gasteiger partial charge in [-0.15, -0.1) is 0 Å². The Morgan fingerprint density at radius 3 is 1.37 bits per heavy atom. The van der Waals surface area contributed by atoms with Gasteiger partial charge in [-0.25, -0.2) is 0 Å². The molecule has 76 heavy (non-hydrogen) atoms. The number of hydrogen-bond donors (Lipinski definition) is 0. The number of nitrogens with zero attached hydrogens (tertiary/aromatic N) is 8. The molecule has 0 N–H and O–H groups in total. The molecule has 0 atom stereocenters. The number of fused-ring (bicyclic) bond motifs is 9. The molecule has 0 aliphatic heterocycles. The Morgan fingerprint density at radius 2 is 0.789 bits per heavy atom. The third-order valence-electron chi connectivity index (χ3n) is 14.8. The first kappa shape index (κ1) is 43.2. The summed E-state index contributed by atoms with van der Waals surface area (Å²) >= 11 is 0. The lowest BCUT2D eigenvalue weighted by Crippen LogP contribution is -1.95. The average Bonchev–Trinajstić information content (AvgIpc) is 4.16. The van der Waals surface area contributed by atoms with Crippen LogP contribution in [0, 0.1) is 0 Å². The SMILES string of the molecule is c1ccc(-n2c3ccc(-c4ccc5oc6ccc(-n7c8ccc(Cc9cnccn9)cc8c8cc(-c9ccccc9-c9cnccn9)ccc87)cc6c5c4)cc3c3cc(-c4ccccc4-c4cnccn4)ccc32)cc1. The van der Waals surface area contributed by atoms with Gasteiger partial charge in [0.25, 0.3) is 0 Å². The second-order valence-corrected chi connectivity index (χ2v) is 19.2. The molecule has 0 aliphatic rings. The Labute approximate surface area is 435 Å². The summed E-state index contributed by atoms with van der Waals surface area (Å²) in [5.74, 6) is 0. The molecule has 0 saturated carbocycles.